The molecule has 0 radical (unpaired) electrons. The average Bonchev–Trinajstić information content (AvgIpc) is 2.96. The molecule has 2 nitrogen and oxygen atoms in total. The lowest BCUT2D eigenvalue weighted by molar-refractivity contribution is 0.0154. The van der Waals surface area contributed by atoms with Crippen LogP contribution in [-0.4, -0.2) is 16.7 Å². The van der Waals surface area contributed by atoms with E-state index in [0.29, 0.717) is 11.5 Å². The normalized spacial score (nSPS) is 36.7. The molecule has 1 aromatic rings. The molecular formula is C25H39NO. The molecule has 1 aromatic carbocycles. The van der Waals surface area contributed by atoms with E-state index in [2.05, 4.69) is 58.1 Å². The average molecular weight is 370 g/mol. The van der Waals surface area contributed by atoms with Crippen molar-refractivity contribution in [3.8, 4) is 0 Å². The van der Waals surface area contributed by atoms with Gasteiger partial charge in [0.25, 0.3) is 0 Å². The summed E-state index contributed by atoms with van der Waals surface area (Å²) in [5, 5.41) is 13.4. The number of nitrogens with one attached hydrogen (secondary N) is 1. The molecule has 0 heterocycles. The van der Waals surface area contributed by atoms with Crippen LogP contribution in [0.3, 0.4) is 0 Å². The van der Waals surface area contributed by atoms with Crippen molar-refractivity contribution < 1.29 is 5.11 Å². The highest BCUT2D eigenvalue weighted by Crippen LogP contribution is 2.63. The van der Waals surface area contributed by atoms with Gasteiger partial charge in [-0.3, -0.25) is 0 Å². The van der Waals surface area contributed by atoms with E-state index in [0.717, 1.165) is 29.2 Å². The Morgan fingerprint density at radius 3 is 2.67 bits per heavy atom. The summed E-state index contributed by atoms with van der Waals surface area (Å²) < 4.78 is 0. The van der Waals surface area contributed by atoms with Gasteiger partial charge in [-0.2, -0.15) is 0 Å². The SMILES string of the molecule is CC(NC(C)(C)C)[C@H]1CC[C@H]2[C@@H]3CCc4cc(CO)ccc4[C@H]3CC[C@]12C. The van der Waals surface area contributed by atoms with E-state index in [9.17, 15) is 5.11 Å². The molecule has 4 rings (SSSR count). The van der Waals surface area contributed by atoms with E-state index in [1.165, 1.54) is 44.1 Å². The van der Waals surface area contributed by atoms with Crippen molar-refractivity contribution in [2.75, 3.05) is 0 Å². The highest BCUT2D eigenvalue weighted by atomic mass is 16.3. The standard InChI is InChI=1S/C25H39NO/c1-16(26-24(2,3)4)22-10-11-23-21-9-7-18-14-17(15-27)6-8-19(18)20(21)12-13-25(22,23)5/h6,8,14,16,20-23,26-27H,7,9-13,15H2,1-5H3/t16?,20-,21-,22-,23+,25-/m1/s1. The Labute approximate surface area is 166 Å². The molecule has 1 unspecified atom stereocenters. The zero-order valence-electron chi connectivity index (χ0n) is 18.0. The summed E-state index contributed by atoms with van der Waals surface area (Å²) in [4.78, 5) is 0. The van der Waals surface area contributed by atoms with E-state index in [4.69, 9.17) is 0 Å². The lowest BCUT2D eigenvalue weighted by Gasteiger charge is -2.52. The number of hydrogen-bond donors (Lipinski definition) is 2. The van der Waals surface area contributed by atoms with E-state index in [1.54, 1.807) is 5.56 Å². The highest BCUT2D eigenvalue weighted by molar-refractivity contribution is 5.38. The molecule has 2 N–H and O–H groups in total. The molecule has 2 saturated carbocycles. The Balaban J connectivity index is 1.57. The molecule has 0 aliphatic heterocycles. The minimum atomic E-state index is 0.169. The van der Waals surface area contributed by atoms with Crippen molar-refractivity contribution in [2.45, 2.75) is 97.2 Å². The zero-order valence-corrected chi connectivity index (χ0v) is 18.0. The van der Waals surface area contributed by atoms with E-state index in [-0.39, 0.29) is 12.1 Å². The minimum Gasteiger partial charge on any atom is -0.392 e. The molecule has 3 aliphatic rings. The van der Waals surface area contributed by atoms with E-state index < -0.39 is 0 Å². The fourth-order valence-corrected chi connectivity index (χ4v) is 7.38. The van der Waals surface area contributed by atoms with Gasteiger partial charge in [0, 0.05) is 11.6 Å². The van der Waals surface area contributed by atoms with E-state index >= 15 is 0 Å². The number of rotatable bonds is 3. The quantitative estimate of drug-likeness (QED) is 0.745. The van der Waals surface area contributed by atoms with Crippen molar-refractivity contribution >= 4 is 0 Å². The third-order valence-corrected chi connectivity index (χ3v) is 8.31. The Morgan fingerprint density at radius 1 is 1.19 bits per heavy atom. The molecule has 0 amide bonds. The maximum absolute atomic E-state index is 9.48. The molecule has 0 spiro atoms. The summed E-state index contributed by atoms with van der Waals surface area (Å²) in [6.07, 6.45) is 8.09. The van der Waals surface area contributed by atoms with Crippen LogP contribution in [0, 0.1) is 23.2 Å². The maximum atomic E-state index is 9.48. The van der Waals surface area contributed by atoms with Gasteiger partial charge >= 0.3 is 0 Å². The summed E-state index contributed by atoms with van der Waals surface area (Å²) in [6, 6.07) is 7.37. The topological polar surface area (TPSA) is 32.3 Å². The monoisotopic (exact) mass is 369 g/mol. The van der Waals surface area contributed by atoms with Crippen molar-refractivity contribution in [3.05, 3.63) is 34.9 Å². The highest BCUT2D eigenvalue weighted by Gasteiger charge is 2.55. The maximum Gasteiger partial charge on any atom is 0.0681 e. The fraction of sp³-hybridized carbons (Fsp3) is 0.760. The number of fused-ring (bicyclic) bond motifs is 5. The molecule has 0 bridgehead atoms. The number of aryl methyl sites for hydroxylation is 1. The van der Waals surface area contributed by atoms with Gasteiger partial charge in [-0.1, -0.05) is 25.1 Å². The first-order chi connectivity index (χ1) is 12.7. The van der Waals surface area contributed by atoms with Crippen LogP contribution < -0.4 is 5.32 Å². The smallest absolute Gasteiger partial charge is 0.0681 e. The predicted molar refractivity (Wildman–Crippen MR) is 113 cm³/mol. The van der Waals surface area contributed by atoms with Crippen LogP contribution in [0.5, 0.6) is 0 Å². The van der Waals surface area contributed by atoms with Crippen molar-refractivity contribution in [1.82, 2.24) is 5.32 Å². The van der Waals surface area contributed by atoms with Crippen LogP contribution in [0.1, 0.15) is 89.3 Å². The van der Waals surface area contributed by atoms with Crippen molar-refractivity contribution in [3.63, 3.8) is 0 Å². The van der Waals surface area contributed by atoms with Crippen molar-refractivity contribution in [2.24, 2.45) is 23.2 Å². The van der Waals surface area contributed by atoms with E-state index in [1.807, 2.05) is 0 Å². The van der Waals surface area contributed by atoms with Crippen LogP contribution in [0.2, 0.25) is 0 Å². The predicted octanol–water partition coefficient (Wildman–Crippen LogP) is 5.43. The Kier molecular flexibility index (Phi) is 4.96. The third kappa shape index (κ3) is 3.38. The fourth-order valence-electron chi connectivity index (χ4n) is 7.38. The Bertz CT molecular complexity index is 690. The summed E-state index contributed by atoms with van der Waals surface area (Å²) in [5.74, 6) is 3.31. The molecule has 0 aromatic heterocycles. The first kappa shape index (κ1) is 19.5. The number of aliphatic hydroxyl groups excluding tert-OH is 1. The molecule has 27 heavy (non-hydrogen) atoms. The van der Waals surface area contributed by atoms with Gasteiger partial charge < -0.3 is 10.4 Å². The Morgan fingerprint density at radius 2 is 1.96 bits per heavy atom. The lowest BCUT2D eigenvalue weighted by Crippen LogP contribution is -2.51. The van der Waals surface area contributed by atoms with Gasteiger partial charge in [0.2, 0.25) is 0 Å². The van der Waals surface area contributed by atoms with Crippen molar-refractivity contribution in [1.29, 1.82) is 0 Å². The third-order valence-electron chi connectivity index (χ3n) is 8.31. The first-order valence-corrected chi connectivity index (χ1v) is 11.2. The molecular weight excluding hydrogens is 330 g/mol. The van der Waals surface area contributed by atoms with Crippen LogP contribution in [0.15, 0.2) is 18.2 Å². The van der Waals surface area contributed by atoms with Crippen LogP contribution in [-0.2, 0) is 13.0 Å². The molecule has 150 valence electrons. The van der Waals surface area contributed by atoms with Gasteiger partial charge in [-0.25, -0.2) is 0 Å². The van der Waals surface area contributed by atoms with Gasteiger partial charge in [0.1, 0.15) is 0 Å². The van der Waals surface area contributed by atoms with Gasteiger partial charge in [-0.15, -0.1) is 0 Å². The number of aliphatic hydroxyl groups is 1. The number of hydrogen-bond acceptors (Lipinski definition) is 2. The summed E-state index contributed by atoms with van der Waals surface area (Å²) in [6.45, 7) is 12.1. The minimum absolute atomic E-state index is 0.169. The summed E-state index contributed by atoms with van der Waals surface area (Å²) in [7, 11) is 0. The van der Waals surface area contributed by atoms with Gasteiger partial charge in [0.05, 0.1) is 6.61 Å². The lowest BCUT2D eigenvalue weighted by atomic mass is 9.53. The summed E-state index contributed by atoms with van der Waals surface area (Å²) >= 11 is 0. The number of benzene rings is 1. The molecule has 2 heteroatoms. The van der Waals surface area contributed by atoms with Crippen LogP contribution >= 0.6 is 0 Å². The second kappa shape index (κ2) is 6.88. The van der Waals surface area contributed by atoms with Gasteiger partial charge in [-0.05, 0) is 112 Å². The summed E-state index contributed by atoms with van der Waals surface area (Å²) in [5.41, 5.74) is 4.90. The molecule has 2 fully saturated rings. The van der Waals surface area contributed by atoms with Crippen LogP contribution in [0.25, 0.3) is 0 Å². The molecule has 0 saturated heterocycles. The Hall–Kier alpha value is -0.860. The van der Waals surface area contributed by atoms with Gasteiger partial charge in [0.15, 0.2) is 0 Å². The van der Waals surface area contributed by atoms with Crippen LogP contribution in [0.4, 0.5) is 0 Å². The second-order valence-corrected chi connectivity index (χ2v) is 11.0. The molecule has 3 aliphatic carbocycles. The largest absolute Gasteiger partial charge is 0.392 e. The molecule has 6 atom stereocenters. The first-order valence-electron chi connectivity index (χ1n) is 11.2. The second-order valence-electron chi connectivity index (χ2n) is 11.0. The zero-order chi connectivity index (χ0) is 19.4.